The van der Waals surface area contributed by atoms with Gasteiger partial charge in [-0.25, -0.2) is 4.98 Å². The zero-order valence-electron chi connectivity index (χ0n) is 9.11. The van der Waals surface area contributed by atoms with Crippen molar-refractivity contribution in [3.05, 3.63) is 16.1 Å². The molecule has 2 rings (SSSR count). The molecule has 2 N–H and O–H groups in total. The van der Waals surface area contributed by atoms with Gasteiger partial charge in [0.1, 0.15) is 0 Å². The van der Waals surface area contributed by atoms with Crippen LogP contribution in [0.2, 0.25) is 0 Å². The molecule has 0 radical (unpaired) electrons. The van der Waals surface area contributed by atoms with Crippen molar-refractivity contribution in [3.8, 4) is 0 Å². The lowest BCUT2D eigenvalue weighted by Crippen LogP contribution is -2.18. The Labute approximate surface area is 94.7 Å². The highest BCUT2D eigenvalue weighted by molar-refractivity contribution is 7.09. The fourth-order valence-electron chi connectivity index (χ4n) is 1.88. The largest absolute Gasteiger partial charge is 0.381 e. The minimum atomic E-state index is 0.207. The maximum atomic E-state index is 5.76. The third-order valence-electron chi connectivity index (χ3n) is 2.71. The van der Waals surface area contributed by atoms with Gasteiger partial charge < -0.3 is 10.5 Å². The minimum Gasteiger partial charge on any atom is -0.381 e. The highest BCUT2D eigenvalue weighted by Gasteiger charge is 2.18. The second-order valence-corrected chi connectivity index (χ2v) is 5.18. The van der Waals surface area contributed by atoms with Crippen LogP contribution in [0.3, 0.4) is 0 Å². The highest BCUT2D eigenvalue weighted by atomic mass is 32.1. The van der Waals surface area contributed by atoms with E-state index in [2.05, 4.69) is 10.4 Å². The molecule has 0 spiro atoms. The summed E-state index contributed by atoms with van der Waals surface area (Å²) in [5, 5.41) is 3.36. The van der Waals surface area contributed by atoms with Gasteiger partial charge in [0.2, 0.25) is 0 Å². The standard InChI is InChI=1S/C11H18N2OS/c1-8(12)6-11-13-10(7-15-11)9-2-4-14-5-3-9/h7-9H,2-6,12H2,1H3. The molecule has 84 valence electrons. The Hall–Kier alpha value is -0.450. The fraction of sp³-hybridized carbons (Fsp3) is 0.727. The summed E-state index contributed by atoms with van der Waals surface area (Å²) in [6.07, 6.45) is 3.12. The second kappa shape index (κ2) is 5.05. The molecule has 3 nitrogen and oxygen atoms in total. The third-order valence-corrected chi connectivity index (χ3v) is 3.60. The average molecular weight is 226 g/mol. The Morgan fingerprint density at radius 2 is 2.33 bits per heavy atom. The van der Waals surface area contributed by atoms with Crippen molar-refractivity contribution in [3.63, 3.8) is 0 Å². The molecule has 4 heteroatoms. The van der Waals surface area contributed by atoms with Gasteiger partial charge in [-0.2, -0.15) is 0 Å². The van der Waals surface area contributed by atoms with E-state index < -0.39 is 0 Å². The molecular weight excluding hydrogens is 208 g/mol. The highest BCUT2D eigenvalue weighted by Crippen LogP contribution is 2.27. The van der Waals surface area contributed by atoms with E-state index in [9.17, 15) is 0 Å². The van der Waals surface area contributed by atoms with Crippen LogP contribution in [0.25, 0.3) is 0 Å². The summed E-state index contributed by atoms with van der Waals surface area (Å²) in [5.74, 6) is 0.608. The lowest BCUT2D eigenvalue weighted by Gasteiger charge is -2.20. The van der Waals surface area contributed by atoms with Crippen LogP contribution in [0, 0.1) is 0 Å². The normalized spacial score (nSPS) is 20.4. The number of rotatable bonds is 3. The predicted molar refractivity (Wildman–Crippen MR) is 62.3 cm³/mol. The first-order chi connectivity index (χ1) is 7.25. The van der Waals surface area contributed by atoms with E-state index in [1.807, 2.05) is 6.92 Å². The van der Waals surface area contributed by atoms with E-state index in [0.29, 0.717) is 5.92 Å². The Bertz CT molecular complexity index is 305. The van der Waals surface area contributed by atoms with Crippen molar-refractivity contribution in [1.82, 2.24) is 4.98 Å². The SMILES string of the molecule is CC(N)Cc1nc(C2CCOCC2)cs1. The van der Waals surface area contributed by atoms with Gasteiger partial charge in [-0.05, 0) is 19.8 Å². The van der Waals surface area contributed by atoms with Gasteiger partial charge in [-0.1, -0.05) is 0 Å². The van der Waals surface area contributed by atoms with Gasteiger partial charge in [0, 0.05) is 37.0 Å². The van der Waals surface area contributed by atoms with Crippen molar-refractivity contribution in [1.29, 1.82) is 0 Å². The lowest BCUT2D eigenvalue weighted by atomic mass is 9.97. The first-order valence-corrected chi connectivity index (χ1v) is 6.41. The maximum Gasteiger partial charge on any atom is 0.0943 e. The van der Waals surface area contributed by atoms with Gasteiger partial charge in [0.25, 0.3) is 0 Å². The number of thiazole rings is 1. The summed E-state index contributed by atoms with van der Waals surface area (Å²) in [5.41, 5.74) is 7.01. The smallest absolute Gasteiger partial charge is 0.0943 e. The van der Waals surface area contributed by atoms with Crippen molar-refractivity contribution in [2.45, 2.75) is 38.1 Å². The molecule has 15 heavy (non-hydrogen) atoms. The fourth-order valence-corrected chi connectivity index (χ4v) is 2.89. The van der Waals surface area contributed by atoms with E-state index in [0.717, 1.165) is 32.5 Å². The van der Waals surface area contributed by atoms with Crippen LogP contribution < -0.4 is 5.73 Å². The summed E-state index contributed by atoms with van der Waals surface area (Å²) in [4.78, 5) is 4.66. The van der Waals surface area contributed by atoms with Crippen LogP contribution in [0.15, 0.2) is 5.38 Å². The van der Waals surface area contributed by atoms with Crippen LogP contribution in [-0.4, -0.2) is 24.2 Å². The molecule has 0 bridgehead atoms. The minimum absolute atomic E-state index is 0.207. The number of nitrogens with two attached hydrogens (primary N) is 1. The number of ether oxygens (including phenoxy) is 1. The van der Waals surface area contributed by atoms with Gasteiger partial charge in [0.05, 0.1) is 10.7 Å². The van der Waals surface area contributed by atoms with Crippen LogP contribution in [0.5, 0.6) is 0 Å². The molecule has 0 saturated carbocycles. The van der Waals surface area contributed by atoms with Gasteiger partial charge in [-0.15, -0.1) is 11.3 Å². The molecular formula is C11H18N2OS. The lowest BCUT2D eigenvalue weighted by molar-refractivity contribution is 0.0846. The Morgan fingerprint density at radius 1 is 1.60 bits per heavy atom. The number of hydrogen-bond acceptors (Lipinski definition) is 4. The molecule has 1 unspecified atom stereocenters. The molecule has 1 aromatic heterocycles. The summed E-state index contributed by atoms with van der Waals surface area (Å²) in [7, 11) is 0. The molecule has 1 aliphatic heterocycles. The summed E-state index contributed by atoms with van der Waals surface area (Å²) in [6.45, 7) is 3.78. The number of hydrogen-bond donors (Lipinski definition) is 1. The first kappa shape index (κ1) is 11.0. The topological polar surface area (TPSA) is 48.1 Å². The Balaban J connectivity index is 1.99. The van der Waals surface area contributed by atoms with Crippen LogP contribution in [0.4, 0.5) is 0 Å². The molecule has 1 atom stereocenters. The van der Waals surface area contributed by atoms with Crippen LogP contribution >= 0.6 is 11.3 Å². The molecule has 1 saturated heterocycles. The van der Waals surface area contributed by atoms with E-state index >= 15 is 0 Å². The molecule has 0 amide bonds. The van der Waals surface area contributed by atoms with Crippen LogP contribution in [-0.2, 0) is 11.2 Å². The molecule has 1 aromatic rings. The molecule has 0 aliphatic carbocycles. The van der Waals surface area contributed by atoms with E-state index in [1.165, 1.54) is 10.7 Å². The van der Waals surface area contributed by atoms with Crippen molar-refractivity contribution in [2.24, 2.45) is 5.73 Å². The summed E-state index contributed by atoms with van der Waals surface area (Å²) < 4.78 is 5.35. The predicted octanol–water partition coefficient (Wildman–Crippen LogP) is 1.93. The van der Waals surface area contributed by atoms with Crippen molar-refractivity contribution >= 4 is 11.3 Å². The van der Waals surface area contributed by atoms with Crippen molar-refractivity contribution < 1.29 is 4.74 Å². The zero-order chi connectivity index (χ0) is 10.7. The summed E-state index contributed by atoms with van der Waals surface area (Å²) in [6, 6.07) is 0.207. The summed E-state index contributed by atoms with van der Waals surface area (Å²) >= 11 is 1.74. The number of aromatic nitrogens is 1. The first-order valence-electron chi connectivity index (χ1n) is 5.53. The maximum absolute atomic E-state index is 5.76. The monoisotopic (exact) mass is 226 g/mol. The molecule has 0 aromatic carbocycles. The van der Waals surface area contributed by atoms with E-state index in [-0.39, 0.29) is 6.04 Å². The molecule has 1 fully saturated rings. The van der Waals surface area contributed by atoms with E-state index in [4.69, 9.17) is 10.5 Å². The van der Waals surface area contributed by atoms with E-state index in [1.54, 1.807) is 11.3 Å². The van der Waals surface area contributed by atoms with Gasteiger partial charge >= 0.3 is 0 Å². The van der Waals surface area contributed by atoms with Gasteiger partial charge in [0.15, 0.2) is 0 Å². The van der Waals surface area contributed by atoms with Gasteiger partial charge in [-0.3, -0.25) is 0 Å². The molecule has 1 aliphatic rings. The average Bonchev–Trinajstić information content (AvgIpc) is 2.67. The second-order valence-electron chi connectivity index (χ2n) is 4.23. The quantitative estimate of drug-likeness (QED) is 0.856. The van der Waals surface area contributed by atoms with Crippen molar-refractivity contribution in [2.75, 3.05) is 13.2 Å². The zero-order valence-corrected chi connectivity index (χ0v) is 9.93. The van der Waals surface area contributed by atoms with Crippen LogP contribution in [0.1, 0.15) is 36.4 Å². The number of nitrogens with zero attached hydrogens (tertiary/aromatic N) is 1. The Morgan fingerprint density at radius 3 is 3.00 bits per heavy atom. The Kier molecular flexibility index (Phi) is 3.72. The molecule has 2 heterocycles. The third kappa shape index (κ3) is 3.00.